The molecule has 3 rings (SSSR count). The van der Waals surface area contributed by atoms with Gasteiger partial charge in [0.2, 0.25) is 0 Å². The molecule has 0 bridgehead atoms. The number of pyridine rings is 1. The highest BCUT2D eigenvalue weighted by atomic mass is 16.2. The minimum absolute atomic E-state index is 0.0708. The first-order chi connectivity index (χ1) is 9.59. The van der Waals surface area contributed by atoms with Crippen LogP contribution in [0.15, 0.2) is 24.4 Å². The summed E-state index contributed by atoms with van der Waals surface area (Å²) in [6.45, 7) is 6.21. The van der Waals surface area contributed by atoms with E-state index in [-0.39, 0.29) is 5.91 Å². The second-order valence-electron chi connectivity index (χ2n) is 5.80. The van der Waals surface area contributed by atoms with Crippen LogP contribution in [-0.4, -0.2) is 32.3 Å². The largest absolute Gasteiger partial charge is 0.332 e. The van der Waals surface area contributed by atoms with Gasteiger partial charge in [-0.2, -0.15) is 0 Å². The number of fused-ring (bicyclic) bond motifs is 1. The molecule has 106 valence electrons. The van der Waals surface area contributed by atoms with Gasteiger partial charge in [0.05, 0.1) is 5.52 Å². The summed E-state index contributed by atoms with van der Waals surface area (Å²) in [4.78, 5) is 19.4. The first-order valence-electron chi connectivity index (χ1n) is 7.36. The van der Waals surface area contributed by atoms with Crippen LogP contribution >= 0.6 is 0 Å². The van der Waals surface area contributed by atoms with Gasteiger partial charge in [-0.05, 0) is 52.2 Å². The first kappa shape index (κ1) is 13.2. The molecule has 1 aliphatic rings. The lowest BCUT2D eigenvalue weighted by atomic mass is 9.97. The molecule has 2 unspecified atom stereocenters. The van der Waals surface area contributed by atoms with Gasteiger partial charge in [-0.15, -0.1) is 0 Å². The summed E-state index contributed by atoms with van der Waals surface area (Å²) >= 11 is 0. The van der Waals surface area contributed by atoms with Crippen molar-refractivity contribution in [3.63, 3.8) is 0 Å². The van der Waals surface area contributed by atoms with Crippen LogP contribution in [0.25, 0.3) is 5.52 Å². The SMILES string of the molecule is Cc1nc(C(=O)N2C(C)CCCC2C)c2ccccn12. The predicted octanol–water partition coefficient (Wildman–Crippen LogP) is 3.05. The monoisotopic (exact) mass is 271 g/mol. The van der Waals surface area contributed by atoms with Gasteiger partial charge in [0.15, 0.2) is 5.69 Å². The van der Waals surface area contributed by atoms with E-state index in [4.69, 9.17) is 0 Å². The van der Waals surface area contributed by atoms with E-state index in [0.717, 1.165) is 24.2 Å². The quantitative estimate of drug-likeness (QED) is 0.799. The Balaban J connectivity index is 2.04. The predicted molar refractivity (Wildman–Crippen MR) is 78.9 cm³/mol. The molecule has 4 heteroatoms. The first-order valence-corrected chi connectivity index (χ1v) is 7.36. The van der Waals surface area contributed by atoms with E-state index in [0.29, 0.717) is 17.8 Å². The highest BCUT2D eigenvalue weighted by Crippen LogP contribution is 2.25. The Hall–Kier alpha value is -1.84. The molecular weight excluding hydrogens is 250 g/mol. The normalized spacial score (nSPS) is 23.2. The van der Waals surface area contributed by atoms with Crippen molar-refractivity contribution in [2.45, 2.75) is 52.1 Å². The Morgan fingerprint density at radius 3 is 2.65 bits per heavy atom. The molecule has 1 aliphatic heterocycles. The van der Waals surface area contributed by atoms with Gasteiger partial charge < -0.3 is 9.30 Å². The number of piperidine rings is 1. The molecule has 0 radical (unpaired) electrons. The molecule has 0 saturated carbocycles. The van der Waals surface area contributed by atoms with Crippen molar-refractivity contribution in [3.8, 4) is 0 Å². The molecular formula is C16H21N3O. The van der Waals surface area contributed by atoms with Crippen molar-refractivity contribution in [1.29, 1.82) is 0 Å². The molecule has 2 aromatic rings. The van der Waals surface area contributed by atoms with Crippen molar-refractivity contribution in [2.75, 3.05) is 0 Å². The third-order valence-electron chi connectivity index (χ3n) is 4.36. The molecule has 0 aliphatic carbocycles. The van der Waals surface area contributed by atoms with E-state index < -0.39 is 0 Å². The Labute approximate surface area is 119 Å². The molecule has 20 heavy (non-hydrogen) atoms. The molecule has 0 spiro atoms. The fraction of sp³-hybridized carbons (Fsp3) is 0.500. The van der Waals surface area contributed by atoms with E-state index in [2.05, 4.69) is 18.8 Å². The molecule has 1 saturated heterocycles. The van der Waals surface area contributed by atoms with Gasteiger partial charge >= 0.3 is 0 Å². The van der Waals surface area contributed by atoms with Crippen molar-refractivity contribution < 1.29 is 4.79 Å². The number of likely N-dealkylation sites (tertiary alicyclic amines) is 1. The fourth-order valence-corrected chi connectivity index (χ4v) is 3.29. The van der Waals surface area contributed by atoms with Gasteiger partial charge in [-0.25, -0.2) is 4.98 Å². The minimum atomic E-state index is 0.0708. The highest BCUT2D eigenvalue weighted by Gasteiger charge is 2.31. The third-order valence-corrected chi connectivity index (χ3v) is 4.36. The van der Waals surface area contributed by atoms with Crippen molar-refractivity contribution in [1.82, 2.24) is 14.3 Å². The van der Waals surface area contributed by atoms with E-state index in [9.17, 15) is 4.79 Å². The van der Waals surface area contributed by atoms with Crippen molar-refractivity contribution >= 4 is 11.4 Å². The van der Waals surface area contributed by atoms with Gasteiger partial charge in [0.25, 0.3) is 5.91 Å². The maximum atomic E-state index is 12.9. The van der Waals surface area contributed by atoms with Gasteiger partial charge in [0, 0.05) is 18.3 Å². The summed E-state index contributed by atoms with van der Waals surface area (Å²) in [6.07, 6.45) is 5.33. The lowest BCUT2D eigenvalue weighted by Crippen LogP contribution is -2.47. The van der Waals surface area contributed by atoms with E-state index in [1.54, 1.807) is 0 Å². The average molecular weight is 271 g/mol. The van der Waals surface area contributed by atoms with E-state index >= 15 is 0 Å². The summed E-state index contributed by atoms with van der Waals surface area (Å²) in [6, 6.07) is 6.48. The molecule has 0 N–H and O–H groups in total. The van der Waals surface area contributed by atoms with Crippen LogP contribution in [0.2, 0.25) is 0 Å². The van der Waals surface area contributed by atoms with E-state index in [1.807, 2.05) is 40.6 Å². The molecule has 1 fully saturated rings. The lowest BCUT2D eigenvalue weighted by Gasteiger charge is -2.38. The molecule has 0 aromatic carbocycles. The molecule has 3 heterocycles. The number of hydrogen-bond donors (Lipinski definition) is 0. The number of carbonyl (C=O) groups excluding carboxylic acids is 1. The number of amides is 1. The number of aryl methyl sites for hydroxylation is 1. The van der Waals surface area contributed by atoms with Crippen LogP contribution in [0.5, 0.6) is 0 Å². The number of hydrogen-bond acceptors (Lipinski definition) is 2. The van der Waals surface area contributed by atoms with Crippen LogP contribution in [0.1, 0.15) is 49.4 Å². The molecule has 2 aromatic heterocycles. The number of carbonyl (C=O) groups is 1. The number of nitrogens with zero attached hydrogens (tertiary/aromatic N) is 3. The third kappa shape index (κ3) is 1.99. The van der Waals surface area contributed by atoms with Gasteiger partial charge in [-0.1, -0.05) is 6.07 Å². The second-order valence-corrected chi connectivity index (χ2v) is 5.80. The van der Waals surface area contributed by atoms with Gasteiger partial charge in [0.1, 0.15) is 5.82 Å². The smallest absolute Gasteiger partial charge is 0.275 e. The topological polar surface area (TPSA) is 37.6 Å². The van der Waals surface area contributed by atoms with Crippen LogP contribution in [0, 0.1) is 6.92 Å². The summed E-state index contributed by atoms with van der Waals surface area (Å²) < 4.78 is 1.98. The fourth-order valence-electron chi connectivity index (χ4n) is 3.29. The minimum Gasteiger partial charge on any atom is -0.332 e. The number of imidazole rings is 1. The van der Waals surface area contributed by atoms with E-state index in [1.165, 1.54) is 6.42 Å². The summed E-state index contributed by atoms with van der Waals surface area (Å²) in [5.41, 5.74) is 1.49. The Morgan fingerprint density at radius 1 is 1.25 bits per heavy atom. The standard InChI is InChI=1S/C16H21N3O/c1-11-7-6-8-12(2)19(11)16(20)15-14-9-4-5-10-18(14)13(3)17-15/h4-5,9-12H,6-8H2,1-3H3. The zero-order chi connectivity index (χ0) is 14.3. The zero-order valence-electron chi connectivity index (χ0n) is 12.3. The van der Waals surface area contributed by atoms with Crippen LogP contribution in [0.4, 0.5) is 0 Å². The molecule has 2 atom stereocenters. The van der Waals surface area contributed by atoms with Crippen LogP contribution in [0.3, 0.4) is 0 Å². The van der Waals surface area contributed by atoms with Gasteiger partial charge in [-0.3, -0.25) is 4.79 Å². The van der Waals surface area contributed by atoms with Crippen LogP contribution in [-0.2, 0) is 0 Å². The average Bonchev–Trinajstić information content (AvgIpc) is 2.76. The Kier molecular flexibility index (Phi) is 3.24. The highest BCUT2D eigenvalue weighted by molar-refractivity contribution is 5.99. The lowest BCUT2D eigenvalue weighted by molar-refractivity contribution is 0.0507. The summed E-state index contributed by atoms with van der Waals surface area (Å²) in [5.74, 6) is 0.933. The number of aromatic nitrogens is 2. The Morgan fingerprint density at radius 2 is 1.95 bits per heavy atom. The Bertz CT molecular complexity index is 636. The molecule has 1 amide bonds. The second kappa shape index (κ2) is 4.93. The maximum Gasteiger partial charge on any atom is 0.275 e. The number of rotatable bonds is 1. The molecule has 4 nitrogen and oxygen atoms in total. The zero-order valence-corrected chi connectivity index (χ0v) is 12.3. The maximum absolute atomic E-state index is 12.9. The van der Waals surface area contributed by atoms with Crippen molar-refractivity contribution in [3.05, 3.63) is 35.9 Å². The van der Waals surface area contributed by atoms with Crippen molar-refractivity contribution in [2.24, 2.45) is 0 Å². The summed E-state index contributed by atoms with van der Waals surface area (Å²) in [5, 5.41) is 0. The summed E-state index contributed by atoms with van der Waals surface area (Å²) in [7, 11) is 0. The van der Waals surface area contributed by atoms with Crippen LogP contribution < -0.4 is 0 Å².